The molecule has 2 aromatic heterocycles. The lowest BCUT2D eigenvalue weighted by molar-refractivity contribution is 0.0686. The van der Waals surface area contributed by atoms with Gasteiger partial charge in [-0.3, -0.25) is 4.79 Å². The number of nitrogens with zero attached hydrogens (tertiary/aromatic N) is 2. The molecular weight excluding hydrogens is 260 g/mol. The van der Waals surface area contributed by atoms with Gasteiger partial charge in [0.2, 0.25) is 0 Å². The van der Waals surface area contributed by atoms with E-state index in [1.54, 1.807) is 12.1 Å². The Bertz CT molecular complexity index is 611. The fraction of sp³-hybridized carbons (Fsp3) is 0. The summed E-state index contributed by atoms with van der Waals surface area (Å²) in [6, 6.07) is 4.68. The zero-order valence-electron chi connectivity index (χ0n) is 8.85. The van der Waals surface area contributed by atoms with E-state index in [2.05, 4.69) is 20.3 Å². The van der Waals surface area contributed by atoms with Gasteiger partial charge >= 0.3 is 5.97 Å². The maximum Gasteiger partial charge on any atom is 0.354 e. The fourth-order valence-corrected chi connectivity index (χ4v) is 1.45. The van der Waals surface area contributed by atoms with Crippen LogP contribution >= 0.6 is 11.6 Å². The monoisotopic (exact) mass is 266 g/mol. The first kappa shape index (κ1) is 12.1. The number of anilines is 1. The number of H-pyrrole nitrogens is 1. The zero-order valence-corrected chi connectivity index (χ0v) is 9.60. The Morgan fingerprint density at radius 2 is 2.17 bits per heavy atom. The fourth-order valence-electron chi connectivity index (χ4n) is 1.28. The van der Waals surface area contributed by atoms with Crippen LogP contribution in [0.3, 0.4) is 0 Å². The molecule has 2 heterocycles. The molecule has 0 atom stereocenters. The van der Waals surface area contributed by atoms with Gasteiger partial charge in [0.15, 0.2) is 11.4 Å². The third-order valence-corrected chi connectivity index (χ3v) is 2.24. The van der Waals surface area contributed by atoms with E-state index in [9.17, 15) is 9.59 Å². The average Bonchev–Trinajstić information content (AvgIpc) is 2.77. The molecule has 0 bridgehead atoms. The molecule has 0 saturated heterocycles. The number of imidazole rings is 1. The number of carboxylic acids is 1. The summed E-state index contributed by atoms with van der Waals surface area (Å²) >= 11 is 5.66. The van der Waals surface area contributed by atoms with Crippen molar-refractivity contribution >= 4 is 29.3 Å². The van der Waals surface area contributed by atoms with Crippen LogP contribution in [0.15, 0.2) is 24.5 Å². The highest BCUT2D eigenvalue weighted by Gasteiger charge is 2.19. The van der Waals surface area contributed by atoms with Crippen LogP contribution in [0.2, 0.25) is 5.15 Å². The predicted molar refractivity (Wildman–Crippen MR) is 62.7 cm³/mol. The number of aromatic carboxylic acids is 1. The molecule has 0 unspecified atom stereocenters. The molecule has 0 radical (unpaired) electrons. The van der Waals surface area contributed by atoms with E-state index in [0.29, 0.717) is 0 Å². The first-order valence-corrected chi connectivity index (χ1v) is 5.16. The van der Waals surface area contributed by atoms with Crippen LogP contribution < -0.4 is 5.32 Å². The summed E-state index contributed by atoms with van der Waals surface area (Å²) in [5, 5.41) is 11.4. The lowest BCUT2D eigenvalue weighted by atomic mass is 10.3. The smallest absolute Gasteiger partial charge is 0.354 e. The Morgan fingerprint density at radius 3 is 2.83 bits per heavy atom. The number of hydrogen-bond acceptors (Lipinski definition) is 4. The van der Waals surface area contributed by atoms with Crippen LogP contribution in [0.25, 0.3) is 0 Å². The summed E-state index contributed by atoms with van der Waals surface area (Å²) < 4.78 is 0. The number of carbonyl (C=O) groups excluding carboxylic acids is 1. The highest BCUT2D eigenvalue weighted by Crippen LogP contribution is 2.11. The van der Waals surface area contributed by atoms with Crippen molar-refractivity contribution in [3.63, 3.8) is 0 Å². The summed E-state index contributed by atoms with van der Waals surface area (Å²) in [4.78, 5) is 32.4. The van der Waals surface area contributed by atoms with Crippen LogP contribution in [0.1, 0.15) is 21.0 Å². The number of halogens is 1. The summed E-state index contributed by atoms with van der Waals surface area (Å²) in [6.45, 7) is 0. The molecule has 1 amide bonds. The molecule has 0 spiro atoms. The lowest BCUT2D eigenvalue weighted by Gasteiger charge is -2.02. The molecule has 2 aromatic rings. The van der Waals surface area contributed by atoms with Crippen molar-refractivity contribution in [1.29, 1.82) is 0 Å². The maximum atomic E-state index is 11.8. The molecule has 0 aliphatic carbocycles. The minimum absolute atomic E-state index is 0.215. The van der Waals surface area contributed by atoms with Gasteiger partial charge in [-0.1, -0.05) is 17.7 Å². The van der Waals surface area contributed by atoms with Gasteiger partial charge in [-0.25, -0.2) is 14.8 Å². The normalized spacial score (nSPS) is 10.1. The molecule has 0 aliphatic heterocycles. The van der Waals surface area contributed by atoms with Crippen molar-refractivity contribution in [1.82, 2.24) is 15.0 Å². The Labute approximate surface area is 106 Å². The van der Waals surface area contributed by atoms with Crippen molar-refractivity contribution in [2.75, 3.05) is 5.32 Å². The van der Waals surface area contributed by atoms with E-state index in [1.165, 1.54) is 6.07 Å². The molecule has 92 valence electrons. The highest BCUT2D eigenvalue weighted by molar-refractivity contribution is 6.29. The van der Waals surface area contributed by atoms with Gasteiger partial charge in [0, 0.05) is 0 Å². The maximum absolute atomic E-state index is 11.8. The Balaban J connectivity index is 2.22. The Kier molecular flexibility index (Phi) is 3.24. The molecule has 18 heavy (non-hydrogen) atoms. The number of pyridine rings is 1. The summed E-state index contributed by atoms with van der Waals surface area (Å²) in [5.41, 5.74) is -0.501. The van der Waals surface area contributed by atoms with Gasteiger partial charge in [0.25, 0.3) is 5.91 Å². The molecule has 3 N–H and O–H groups in total. The van der Waals surface area contributed by atoms with E-state index >= 15 is 0 Å². The second-order valence-electron chi connectivity index (χ2n) is 3.23. The summed E-state index contributed by atoms with van der Waals surface area (Å²) in [5.74, 6) is -1.73. The number of nitrogens with one attached hydrogen (secondary N) is 2. The van der Waals surface area contributed by atoms with Gasteiger partial charge in [0.05, 0.1) is 6.33 Å². The molecule has 8 heteroatoms. The Morgan fingerprint density at radius 1 is 1.39 bits per heavy atom. The van der Waals surface area contributed by atoms with Crippen molar-refractivity contribution in [2.24, 2.45) is 0 Å². The van der Waals surface area contributed by atoms with Crippen LogP contribution in [0.4, 0.5) is 5.82 Å². The van der Waals surface area contributed by atoms with E-state index in [4.69, 9.17) is 16.7 Å². The molecule has 0 aliphatic rings. The lowest BCUT2D eigenvalue weighted by Crippen LogP contribution is -2.17. The molecule has 2 rings (SSSR count). The number of hydrogen-bond donors (Lipinski definition) is 3. The van der Waals surface area contributed by atoms with E-state index in [-0.39, 0.29) is 22.4 Å². The van der Waals surface area contributed by atoms with Gasteiger partial charge < -0.3 is 15.4 Å². The molecule has 0 fully saturated rings. The van der Waals surface area contributed by atoms with Crippen LogP contribution in [-0.2, 0) is 0 Å². The summed E-state index contributed by atoms with van der Waals surface area (Å²) in [6.07, 6.45) is 1.13. The molecular formula is C10H7ClN4O3. The zero-order chi connectivity index (χ0) is 13.1. The van der Waals surface area contributed by atoms with Crippen LogP contribution in [0.5, 0.6) is 0 Å². The van der Waals surface area contributed by atoms with E-state index < -0.39 is 11.9 Å². The first-order valence-electron chi connectivity index (χ1n) is 4.78. The van der Waals surface area contributed by atoms with Crippen molar-refractivity contribution in [2.45, 2.75) is 0 Å². The predicted octanol–water partition coefficient (Wildman–Crippen LogP) is 1.41. The van der Waals surface area contributed by atoms with Crippen molar-refractivity contribution in [3.8, 4) is 0 Å². The number of aromatic nitrogens is 3. The van der Waals surface area contributed by atoms with Crippen LogP contribution in [-0.4, -0.2) is 31.9 Å². The van der Waals surface area contributed by atoms with Gasteiger partial charge in [-0.15, -0.1) is 0 Å². The number of carboxylic acid groups (broad SMARTS) is 1. The SMILES string of the molecule is O=C(Nc1cccc(Cl)n1)c1nc[nH]c1C(=O)O. The number of amides is 1. The van der Waals surface area contributed by atoms with Gasteiger partial charge in [0.1, 0.15) is 11.0 Å². The minimum atomic E-state index is -1.27. The van der Waals surface area contributed by atoms with Crippen molar-refractivity contribution in [3.05, 3.63) is 41.1 Å². The second-order valence-corrected chi connectivity index (χ2v) is 3.62. The topological polar surface area (TPSA) is 108 Å². The third-order valence-electron chi connectivity index (χ3n) is 2.02. The summed E-state index contributed by atoms with van der Waals surface area (Å²) in [7, 11) is 0. The van der Waals surface area contributed by atoms with Crippen LogP contribution in [0, 0.1) is 0 Å². The van der Waals surface area contributed by atoms with Gasteiger partial charge in [-0.2, -0.15) is 0 Å². The third kappa shape index (κ3) is 2.46. The minimum Gasteiger partial charge on any atom is -0.477 e. The second kappa shape index (κ2) is 4.84. The quantitative estimate of drug-likeness (QED) is 0.728. The highest BCUT2D eigenvalue weighted by atomic mass is 35.5. The average molecular weight is 267 g/mol. The molecule has 7 nitrogen and oxygen atoms in total. The number of carbonyl (C=O) groups is 2. The Hall–Kier alpha value is -2.41. The first-order chi connectivity index (χ1) is 8.58. The standard InChI is InChI=1S/C10H7ClN4O3/c11-5-2-1-3-6(14-5)15-9(16)7-8(10(17)18)13-4-12-7/h1-4H,(H,12,13)(H,17,18)(H,14,15,16). The number of rotatable bonds is 3. The molecule has 0 aromatic carbocycles. The van der Waals surface area contributed by atoms with E-state index in [1.807, 2.05) is 0 Å². The van der Waals surface area contributed by atoms with Gasteiger partial charge in [-0.05, 0) is 12.1 Å². The molecule has 0 saturated carbocycles. The largest absolute Gasteiger partial charge is 0.477 e. The van der Waals surface area contributed by atoms with Crippen molar-refractivity contribution < 1.29 is 14.7 Å². The van der Waals surface area contributed by atoms with E-state index in [0.717, 1.165) is 6.33 Å². The number of aromatic amines is 1.